The van der Waals surface area contributed by atoms with Gasteiger partial charge in [0.2, 0.25) is 5.91 Å². The molecule has 0 aromatic carbocycles. The van der Waals surface area contributed by atoms with Crippen molar-refractivity contribution in [3.05, 3.63) is 12.2 Å². The summed E-state index contributed by atoms with van der Waals surface area (Å²) in [6.45, 7) is 10.1. The normalized spacial score (nSPS) is 23.2. The lowest BCUT2D eigenvalue weighted by molar-refractivity contribution is -0.959. The van der Waals surface area contributed by atoms with Gasteiger partial charge in [-0.2, -0.15) is 0 Å². The average molecular weight is 379 g/mol. The fraction of sp³-hybridized carbons (Fsp3) is 0.826. The Labute approximate surface area is 168 Å². The number of carbonyl (C=O) groups excluding carboxylic acids is 1. The molecule has 3 unspecified atom stereocenters. The second kappa shape index (κ2) is 13.9. The van der Waals surface area contributed by atoms with Crippen molar-refractivity contribution in [3.8, 4) is 0 Å². The Morgan fingerprint density at radius 1 is 1.11 bits per heavy atom. The first kappa shape index (κ1) is 23.9. The van der Waals surface area contributed by atoms with Crippen LogP contribution in [-0.2, 0) is 4.79 Å². The van der Waals surface area contributed by atoms with Crippen LogP contribution in [0.15, 0.2) is 17.1 Å². The molecule has 1 aliphatic heterocycles. The molecule has 4 nitrogen and oxygen atoms in total. The fourth-order valence-electron chi connectivity index (χ4n) is 4.24. The molecule has 1 N–H and O–H groups in total. The molecular formula is C23H44N3O+. The van der Waals surface area contributed by atoms with Crippen molar-refractivity contribution in [2.24, 2.45) is 4.99 Å². The van der Waals surface area contributed by atoms with Crippen LogP contribution in [0.1, 0.15) is 98.3 Å². The Morgan fingerprint density at radius 2 is 1.74 bits per heavy atom. The first-order valence-corrected chi connectivity index (χ1v) is 11.4. The number of allylic oxidation sites excluding steroid dienone is 2. The van der Waals surface area contributed by atoms with Crippen LogP contribution in [0.4, 0.5) is 0 Å². The SMILES string of the molecule is CCCCCCCCCC/C=C/CCC1N=CC[N+]1(CC)C(C)NC(C)=O. The number of quaternary nitrogens is 1. The van der Waals surface area contributed by atoms with Gasteiger partial charge in [-0.15, -0.1) is 0 Å². The number of amides is 1. The first-order valence-electron chi connectivity index (χ1n) is 11.4. The summed E-state index contributed by atoms with van der Waals surface area (Å²) >= 11 is 0. The minimum absolute atomic E-state index is 0.0457. The van der Waals surface area contributed by atoms with Crippen LogP contribution in [0.2, 0.25) is 0 Å². The fourth-order valence-corrected chi connectivity index (χ4v) is 4.24. The summed E-state index contributed by atoms with van der Waals surface area (Å²) in [6.07, 6.45) is 21.5. The van der Waals surface area contributed by atoms with Crippen molar-refractivity contribution in [2.75, 3.05) is 13.1 Å². The average Bonchev–Trinajstić information content (AvgIpc) is 3.06. The zero-order chi connectivity index (χ0) is 20.0. The molecule has 0 aliphatic carbocycles. The molecule has 3 atom stereocenters. The smallest absolute Gasteiger partial charge is 0.221 e. The van der Waals surface area contributed by atoms with Gasteiger partial charge in [0, 0.05) is 20.3 Å². The number of hydrogen-bond donors (Lipinski definition) is 1. The van der Waals surface area contributed by atoms with E-state index in [1.807, 2.05) is 0 Å². The zero-order valence-corrected chi connectivity index (χ0v) is 18.4. The molecular weight excluding hydrogens is 334 g/mol. The number of unbranched alkanes of at least 4 members (excludes halogenated alkanes) is 8. The Hall–Kier alpha value is -1.16. The van der Waals surface area contributed by atoms with Crippen molar-refractivity contribution >= 4 is 12.1 Å². The van der Waals surface area contributed by atoms with Gasteiger partial charge in [0.1, 0.15) is 6.54 Å². The molecule has 1 amide bonds. The van der Waals surface area contributed by atoms with Crippen molar-refractivity contribution in [1.29, 1.82) is 0 Å². The van der Waals surface area contributed by atoms with Gasteiger partial charge in [0.05, 0.1) is 12.8 Å². The van der Waals surface area contributed by atoms with Crippen LogP contribution < -0.4 is 5.32 Å². The van der Waals surface area contributed by atoms with E-state index in [0.717, 1.165) is 30.4 Å². The number of nitrogens with zero attached hydrogens (tertiary/aromatic N) is 2. The van der Waals surface area contributed by atoms with Crippen LogP contribution in [0.3, 0.4) is 0 Å². The summed E-state index contributed by atoms with van der Waals surface area (Å²) in [5.41, 5.74) is 0. The van der Waals surface area contributed by atoms with E-state index in [1.54, 1.807) is 6.92 Å². The van der Waals surface area contributed by atoms with Gasteiger partial charge in [-0.1, -0.05) is 64.0 Å². The van der Waals surface area contributed by atoms with E-state index >= 15 is 0 Å². The topological polar surface area (TPSA) is 41.5 Å². The molecule has 0 aromatic heterocycles. The quantitative estimate of drug-likeness (QED) is 0.225. The minimum atomic E-state index is 0.0457. The van der Waals surface area contributed by atoms with E-state index in [2.05, 4.69) is 44.5 Å². The van der Waals surface area contributed by atoms with E-state index < -0.39 is 0 Å². The molecule has 0 saturated carbocycles. The molecule has 1 heterocycles. The highest BCUT2D eigenvalue weighted by molar-refractivity contribution is 5.73. The molecule has 0 fully saturated rings. The van der Waals surface area contributed by atoms with Gasteiger partial charge in [-0.3, -0.25) is 9.28 Å². The Morgan fingerprint density at radius 3 is 2.37 bits per heavy atom. The van der Waals surface area contributed by atoms with Gasteiger partial charge < -0.3 is 5.32 Å². The molecule has 0 radical (unpaired) electrons. The van der Waals surface area contributed by atoms with Gasteiger partial charge in [0.15, 0.2) is 12.3 Å². The largest absolute Gasteiger partial charge is 0.307 e. The number of rotatable bonds is 15. The van der Waals surface area contributed by atoms with E-state index in [0.29, 0.717) is 0 Å². The van der Waals surface area contributed by atoms with Crippen LogP contribution in [0.5, 0.6) is 0 Å². The highest BCUT2D eigenvalue weighted by Crippen LogP contribution is 2.26. The van der Waals surface area contributed by atoms with Crippen LogP contribution >= 0.6 is 0 Å². The van der Waals surface area contributed by atoms with Gasteiger partial charge >= 0.3 is 0 Å². The van der Waals surface area contributed by atoms with Crippen LogP contribution in [-0.4, -0.2) is 42.0 Å². The van der Waals surface area contributed by atoms with Crippen LogP contribution in [0, 0.1) is 0 Å². The summed E-state index contributed by atoms with van der Waals surface area (Å²) in [7, 11) is 0. The molecule has 0 saturated heterocycles. The van der Waals surface area contributed by atoms with E-state index in [1.165, 1.54) is 57.8 Å². The summed E-state index contributed by atoms with van der Waals surface area (Å²) < 4.78 is 0.853. The minimum Gasteiger partial charge on any atom is -0.307 e. The molecule has 1 rings (SSSR count). The van der Waals surface area contributed by atoms with E-state index in [-0.39, 0.29) is 18.2 Å². The summed E-state index contributed by atoms with van der Waals surface area (Å²) in [6, 6.07) is 0. The van der Waals surface area contributed by atoms with Gasteiger partial charge in [-0.05, 0) is 26.2 Å². The highest BCUT2D eigenvalue weighted by Gasteiger charge is 2.42. The Kier molecular flexibility index (Phi) is 12.3. The van der Waals surface area contributed by atoms with Crippen molar-refractivity contribution < 1.29 is 9.28 Å². The lowest BCUT2D eigenvalue weighted by Crippen LogP contribution is -2.63. The Balaban J connectivity index is 2.21. The monoisotopic (exact) mass is 378 g/mol. The van der Waals surface area contributed by atoms with Crippen molar-refractivity contribution in [2.45, 2.75) is 111 Å². The Bertz CT molecular complexity index is 461. The summed E-state index contributed by atoms with van der Waals surface area (Å²) in [5.74, 6) is 0.0457. The highest BCUT2D eigenvalue weighted by atomic mass is 16.1. The summed E-state index contributed by atoms with van der Waals surface area (Å²) in [5, 5.41) is 3.09. The summed E-state index contributed by atoms with van der Waals surface area (Å²) in [4.78, 5) is 16.2. The van der Waals surface area contributed by atoms with Crippen LogP contribution in [0.25, 0.3) is 0 Å². The predicted molar refractivity (Wildman–Crippen MR) is 117 cm³/mol. The van der Waals surface area contributed by atoms with Crippen molar-refractivity contribution in [3.63, 3.8) is 0 Å². The molecule has 0 aromatic rings. The number of carbonyl (C=O) groups is 1. The molecule has 0 bridgehead atoms. The maximum absolute atomic E-state index is 11.5. The molecule has 1 aliphatic rings. The molecule has 4 heteroatoms. The lowest BCUT2D eigenvalue weighted by Gasteiger charge is -2.42. The third-order valence-corrected chi connectivity index (χ3v) is 6.05. The molecule has 27 heavy (non-hydrogen) atoms. The predicted octanol–water partition coefficient (Wildman–Crippen LogP) is 5.58. The second-order valence-electron chi connectivity index (χ2n) is 8.10. The van der Waals surface area contributed by atoms with E-state index in [4.69, 9.17) is 4.99 Å². The first-order chi connectivity index (χ1) is 13.1. The third-order valence-electron chi connectivity index (χ3n) is 6.05. The number of nitrogens with one attached hydrogen (secondary N) is 1. The molecule has 0 spiro atoms. The zero-order valence-electron chi connectivity index (χ0n) is 18.4. The maximum atomic E-state index is 11.5. The van der Waals surface area contributed by atoms with Gasteiger partial charge in [0.25, 0.3) is 0 Å². The standard InChI is InChI=1S/C23H43N3O/c1-5-7-8-9-10-11-12-13-14-15-16-17-18-23-24-19-20-26(23,6-2)21(3)25-22(4)27/h15-16,19,21,23H,5-14,17-18,20H2,1-4H3/p+1/b16-15+. The van der Waals surface area contributed by atoms with Gasteiger partial charge in [-0.25, -0.2) is 4.99 Å². The second-order valence-corrected chi connectivity index (χ2v) is 8.10. The number of hydrogen-bond acceptors (Lipinski definition) is 2. The number of aliphatic imine (C=N–C) groups is 1. The maximum Gasteiger partial charge on any atom is 0.221 e. The van der Waals surface area contributed by atoms with E-state index in [9.17, 15) is 4.79 Å². The lowest BCUT2D eigenvalue weighted by atomic mass is 10.1. The van der Waals surface area contributed by atoms with Crippen molar-refractivity contribution in [1.82, 2.24) is 5.32 Å². The third kappa shape index (κ3) is 8.59. The molecule has 156 valence electrons.